The number of ketones is 2. The Labute approximate surface area is 179 Å². The van der Waals surface area contributed by atoms with Gasteiger partial charge in [0.1, 0.15) is 5.75 Å². The number of anilines is 1. The van der Waals surface area contributed by atoms with E-state index in [4.69, 9.17) is 16.3 Å². The van der Waals surface area contributed by atoms with Crippen molar-refractivity contribution in [3.8, 4) is 5.75 Å². The number of carbonyl (C=O) groups is 2. The molecule has 0 atom stereocenters. The molecule has 0 aliphatic heterocycles. The van der Waals surface area contributed by atoms with Gasteiger partial charge in [0, 0.05) is 27.9 Å². The molecule has 0 bridgehead atoms. The Hall–Kier alpha value is -3.44. The standard InChI is InChI=1S/C24H19ClN2O3/c1-14-10-15(2)13-27(12-14)22-21(26-16-8-9-20(30-3)19(25)11-16)23(28)17-6-4-5-7-18(17)24(22)29/h4-13H,1-3H3/p+1. The zero-order chi connectivity index (χ0) is 21.4. The molecule has 1 aliphatic rings. The summed E-state index contributed by atoms with van der Waals surface area (Å²) < 4.78 is 6.91. The van der Waals surface area contributed by atoms with E-state index in [0.717, 1.165) is 11.1 Å². The van der Waals surface area contributed by atoms with E-state index in [-0.39, 0.29) is 23.0 Å². The predicted octanol–water partition coefficient (Wildman–Crippen LogP) is 4.61. The summed E-state index contributed by atoms with van der Waals surface area (Å²) in [5.41, 5.74) is 3.79. The van der Waals surface area contributed by atoms with E-state index in [2.05, 4.69) is 5.32 Å². The SMILES string of the molecule is COc1ccc(NC2=C([n+]3cc(C)cc(C)c3)C(=O)c3ccccc3C2=O)cc1Cl. The molecule has 1 N–H and O–H groups in total. The molecule has 0 spiro atoms. The summed E-state index contributed by atoms with van der Waals surface area (Å²) in [6.07, 6.45) is 3.67. The van der Waals surface area contributed by atoms with Crippen molar-refractivity contribution < 1.29 is 18.9 Å². The van der Waals surface area contributed by atoms with Crippen LogP contribution in [0.4, 0.5) is 5.69 Å². The number of hydrogen-bond donors (Lipinski definition) is 1. The molecular weight excluding hydrogens is 400 g/mol. The number of nitrogens with zero attached hydrogens (tertiary/aromatic N) is 1. The minimum absolute atomic E-state index is 0.204. The van der Waals surface area contributed by atoms with E-state index in [1.54, 1.807) is 47.0 Å². The van der Waals surface area contributed by atoms with Crippen LogP contribution < -0.4 is 14.6 Å². The molecule has 4 rings (SSSR count). The Morgan fingerprint density at radius 3 is 2.13 bits per heavy atom. The lowest BCUT2D eigenvalue weighted by Crippen LogP contribution is -2.42. The average molecular weight is 420 g/mol. The Kier molecular flexibility index (Phi) is 5.14. The number of halogens is 1. The second kappa shape index (κ2) is 7.76. The first-order chi connectivity index (χ1) is 14.4. The van der Waals surface area contributed by atoms with Gasteiger partial charge in [0.15, 0.2) is 18.1 Å². The van der Waals surface area contributed by atoms with E-state index < -0.39 is 0 Å². The van der Waals surface area contributed by atoms with Crippen molar-refractivity contribution >= 4 is 34.6 Å². The topological polar surface area (TPSA) is 59.3 Å². The molecular formula is C24H20ClN2O3+. The molecule has 0 radical (unpaired) electrons. The summed E-state index contributed by atoms with van der Waals surface area (Å²) in [7, 11) is 1.53. The highest BCUT2D eigenvalue weighted by molar-refractivity contribution is 6.36. The van der Waals surface area contributed by atoms with Crippen LogP contribution in [0.25, 0.3) is 5.70 Å². The van der Waals surface area contributed by atoms with Gasteiger partial charge in [-0.2, -0.15) is 4.57 Å². The highest BCUT2D eigenvalue weighted by Gasteiger charge is 2.38. The number of aryl methyl sites for hydroxylation is 2. The van der Waals surface area contributed by atoms with Gasteiger partial charge in [-0.1, -0.05) is 35.9 Å². The maximum atomic E-state index is 13.4. The third-order valence-corrected chi connectivity index (χ3v) is 5.21. The summed E-state index contributed by atoms with van der Waals surface area (Å²) in [6.45, 7) is 3.90. The van der Waals surface area contributed by atoms with Gasteiger partial charge >= 0.3 is 0 Å². The number of pyridine rings is 1. The van der Waals surface area contributed by atoms with Crippen LogP contribution in [0.5, 0.6) is 5.75 Å². The molecule has 150 valence electrons. The van der Waals surface area contributed by atoms with Gasteiger partial charge in [0.25, 0.3) is 11.5 Å². The Morgan fingerprint density at radius 2 is 1.53 bits per heavy atom. The summed E-state index contributed by atoms with van der Waals surface area (Å²) in [4.78, 5) is 26.8. The lowest BCUT2D eigenvalue weighted by molar-refractivity contribution is -0.578. The molecule has 3 aromatic rings. The zero-order valence-corrected chi connectivity index (χ0v) is 17.6. The van der Waals surface area contributed by atoms with Gasteiger partial charge in [0.05, 0.1) is 12.1 Å². The van der Waals surface area contributed by atoms with Crippen molar-refractivity contribution in [2.24, 2.45) is 0 Å². The third kappa shape index (κ3) is 3.48. The molecule has 1 heterocycles. The Balaban J connectivity index is 1.92. The maximum Gasteiger partial charge on any atom is 0.286 e. The minimum atomic E-state index is -0.251. The number of aromatic nitrogens is 1. The quantitative estimate of drug-likeness (QED) is 0.627. The fourth-order valence-corrected chi connectivity index (χ4v) is 3.91. The number of allylic oxidation sites excluding steroid dienone is 2. The van der Waals surface area contributed by atoms with Gasteiger partial charge in [-0.25, -0.2) is 0 Å². The smallest absolute Gasteiger partial charge is 0.286 e. The van der Waals surface area contributed by atoms with Crippen molar-refractivity contribution in [3.63, 3.8) is 0 Å². The molecule has 0 fully saturated rings. The van der Waals surface area contributed by atoms with Crippen LogP contribution in [0, 0.1) is 13.8 Å². The van der Waals surface area contributed by atoms with Gasteiger partial charge in [-0.15, -0.1) is 0 Å². The molecule has 0 unspecified atom stereocenters. The molecule has 1 aliphatic carbocycles. The number of hydrogen-bond acceptors (Lipinski definition) is 4. The van der Waals surface area contributed by atoms with Crippen LogP contribution in [0.15, 0.2) is 66.6 Å². The number of rotatable bonds is 4. The van der Waals surface area contributed by atoms with E-state index in [9.17, 15) is 9.59 Å². The molecule has 30 heavy (non-hydrogen) atoms. The van der Waals surface area contributed by atoms with Crippen molar-refractivity contribution in [2.45, 2.75) is 13.8 Å². The van der Waals surface area contributed by atoms with Gasteiger partial charge < -0.3 is 10.1 Å². The molecule has 6 heteroatoms. The summed E-state index contributed by atoms with van der Waals surface area (Å²) >= 11 is 6.25. The first-order valence-electron chi connectivity index (χ1n) is 9.42. The second-order valence-corrected chi connectivity index (χ2v) is 7.61. The minimum Gasteiger partial charge on any atom is -0.495 e. The fraction of sp³-hybridized carbons (Fsp3) is 0.125. The van der Waals surface area contributed by atoms with Crippen molar-refractivity contribution in [1.82, 2.24) is 0 Å². The van der Waals surface area contributed by atoms with E-state index in [1.165, 1.54) is 7.11 Å². The van der Waals surface area contributed by atoms with E-state index >= 15 is 0 Å². The largest absolute Gasteiger partial charge is 0.495 e. The number of fused-ring (bicyclic) bond motifs is 1. The number of Topliss-reactive ketones (excluding diaryl/α,β-unsaturated/α-hetero) is 2. The lowest BCUT2D eigenvalue weighted by atomic mass is 9.90. The van der Waals surface area contributed by atoms with Crippen molar-refractivity contribution in [2.75, 3.05) is 12.4 Å². The van der Waals surface area contributed by atoms with Crippen LogP contribution in [0.3, 0.4) is 0 Å². The summed E-state index contributed by atoms with van der Waals surface area (Å²) in [6, 6.07) is 14.0. The number of methoxy groups -OCH3 is 1. The highest BCUT2D eigenvalue weighted by Crippen LogP contribution is 2.31. The number of carbonyl (C=O) groups excluding carboxylic acids is 2. The van der Waals surface area contributed by atoms with E-state index in [0.29, 0.717) is 27.6 Å². The second-order valence-electron chi connectivity index (χ2n) is 7.20. The van der Waals surface area contributed by atoms with E-state index in [1.807, 2.05) is 32.3 Å². The van der Waals surface area contributed by atoms with Crippen LogP contribution in [-0.2, 0) is 0 Å². The Morgan fingerprint density at radius 1 is 0.900 bits per heavy atom. The maximum absolute atomic E-state index is 13.4. The van der Waals surface area contributed by atoms with Gasteiger partial charge in [-0.3, -0.25) is 9.59 Å². The molecule has 0 amide bonds. The van der Waals surface area contributed by atoms with Crippen molar-refractivity contribution in [3.05, 3.63) is 93.9 Å². The molecule has 0 saturated heterocycles. The predicted molar refractivity (Wildman–Crippen MR) is 116 cm³/mol. The Bertz CT molecular complexity index is 1210. The fourth-order valence-electron chi connectivity index (χ4n) is 3.65. The molecule has 5 nitrogen and oxygen atoms in total. The van der Waals surface area contributed by atoms with Crippen LogP contribution in [0.1, 0.15) is 31.8 Å². The number of nitrogens with one attached hydrogen (secondary N) is 1. The molecule has 2 aromatic carbocycles. The van der Waals surface area contributed by atoms with Crippen LogP contribution in [0.2, 0.25) is 5.02 Å². The summed E-state index contributed by atoms with van der Waals surface area (Å²) in [5, 5.41) is 3.53. The van der Waals surface area contributed by atoms with Crippen molar-refractivity contribution in [1.29, 1.82) is 0 Å². The third-order valence-electron chi connectivity index (χ3n) is 4.92. The van der Waals surface area contributed by atoms with Crippen LogP contribution in [-0.4, -0.2) is 18.7 Å². The first kappa shape index (κ1) is 19.9. The van der Waals surface area contributed by atoms with Gasteiger partial charge in [-0.05, 0) is 38.1 Å². The highest BCUT2D eigenvalue weighted by atomic mass is 35.5. The lowest BCUT2D eigenvalue weighted by Gasteiger charge is -2.19. The average Bonchev–Trinajstić information content (AvgIpc) is 2.71. The van der Waals surface area contributed by atoms with Crippen LogP contribution >= 0.6 is 11.6 Å². The first-order valence-corrected chi connectivity index (χ1v) is 9.80. The monoisotopic (exact) mass is 419 g/mol. The molecule has 1 aromatic heterocycles. The number of ether oxygens (including phenoxy) is 1. The van der Waals surface area contributed by atoms with Gasteiger partial charge in [0.2, 0.25) is 5.78 Å². The normalized spacial score (nSPS) is 13.3. The zero-order valence-electron chi connectivity index (χ0n) is 16.8. The number of benzene rings is 2. The molecule has 0 saturated carbocycles. The summed E-state index contributed by atoms with van der Waals surface area (Å²) in [5.74, 6) is 0.0533.